The highest BCUT2D eigenvalue weighted by Gasteiger charge is 2.29. The Morgan fingerprint density at radius 1 is 0.968 bits per heavy atom. The highest BCUT2D eigenvalue weighted by Crippen LogP contribution is 2.25. The van der Waals surface area contributed by atoms with Crippen molar-refractivity contribution in [3.05, 3.63) is 77.6 Å². The summed E-state index contributed by atoms with van der Waals surface area (Å²) in [7, 11) is 0. The number of piperidine rings is 1. The molecule has 160 valence electrons. The zero-order chi connectivity index (χ0) is 21.2. The minimum absolute atomic E-state index is 0.171. The number of likely N-dealkylation sites (tertiary alicyclic amines) is 1. The Morgan fingerprint density at radius 2 is 1.68 bits per heavy atom. The molecule has 31 heavy (non-hydrogen) atoms. The van der Waals surface area contributed by atoms with E-state index in [2.05, 4.69) is 46.4 Å². The molecule has 5 heteroatoms. The zero-order valence-corrected chi connectivity index (χ0v) is 18.2. The highest BCUT2D eigenvalue weighted by molar-refractivity contribution is 5.76. The van der Waals surface area contributed by atoms with Gasteiger partial charge in [-0.3, -0.25) is 14.4 Å². The summed E-state index contributed by atoms with van der Waals surface area (Å²) in [5.41, 5.74) is 6.16. The predicted molar refractivity (Wildman–Crippen MR) is 123 cm³/mol. The highest BCUT2D eigenvalue weighted by atomic mass is 16.2. The largest absolute Gasteiger partial charge is 0.341 e. The first kappa shape index (κ1) is 20.0. The average molecular weight is 415 g/mol. The Bertz CT molecular complexity index is 1050. The van der Waals surface area contributed by atoms with Crippen LogP contribution in [0.2, 0.25) is 0 Å². The van der Waals surface area contributed by atoms with Gasteiger partial charge in [-0.25, -0.2) is 0 Å². The summed E-state index contributed by atoms with van der Waals surface area (Å²) in [4.78, 5) is 17.6. The monoisotopic (exact) mass is 414 g/mol. The molecule has 2 aliphatic heterocycles. The van der Waals surface area contributed by atoms with Crippen molar-refractivity contribution < 1.29 is 4.79 Å². The second kappa shape index (κ2) is 8.67. The van der Waals surface area contributed by atoms with Crippen molar-refractivity contribution in [2.75, 3.05) is 19.6 Å². The minimum Gasteiger partial charge on any atom is -0.341 e. The molecule has 2 aromatic carbocycles. The lowest BCUT2D eigenvalue weighted by atomic mass is 9.95. The average Bonchev–Trinajstić information content (AvgIpc) is 3.19. The van der Waals surface area contributed by atoms with E-state index in [4.69, 9.17) is 0 Å². The number of hydrogen-bond acceptors (Lipinski definition) is 3. The Labute approximate surface area is 184 Å². The maximum atomic E-state index is 12.9. The van der Waals surface area contributed by atoms with Crippen LogP contribution in [0.25, 0.3) is 11.1 Å². The van der Waals surface area contributed by atoms with Gasteiger partial charge in [0.2, 0.25) is 5.91 Å². The fourth-order valence-corrected chi connectivity index (χ4v) is 5.05. The van der Waals surface area contributed by atoms with Gasteiger partial charge in [-0.2, -0.15) is 5.10 Å². The molecular weight excluding hydrogens is 384 g/mol. The number of carbonyl (C=O) groups excluding carboxylic acids is 1. The molecule has 3 heterocycles. The van der Waals surface area contributed by atoms with Crippen LogP contribution < -0.4 is 0 Å². The van der Waals surface area contributed by atoms with Crippen LogP contribution in [0.3, 0.4) is 0 Å². The van der Waals surface area contributed by atoms with E-state index < -0.39 is 0 Å². The molecule has 0 spiro atoms. The van der Waals surface area contributed by atoms with Crippen molar-refractivity contribution in [2.24, 2.45) is 0 Å². The molecule has 5 nitrogen and oxygen atoms in total. The van der Waals surface area contributed by atoms with E-state index in [-0.39, 0.29) is 5.91 Å². The van der Waals surface area contributed by atoms with Gasteiger partial charge < -0.3 is 4.90 Å². The number of carbonyl (C=O) groups is 1. The van der Waals surface area contributed by atoms with Crippen LogP contribution >= 0.6 is 0 Å². The van der Waals surface area contributed by atoms with E-state index in [0.29, 0.717) is 12.6 Å². The molecule has 1 fully saturated rings. The van der Waals surface area contributed by atoms with E-state index in [9.17, 15) is 4.79 Å². The number of fused-ring (bicyclic) bond motifs is 1. The quantitative estimate of drug-likeness (QED) is 0.650. The van der Waals surface area contributed by atoms with Gasteiger partial charge in [-0.1, -0.05) is 54.6 Å². The predicted octanol–water partition coefficient (Wildman–Crippen LogP) is 3.91. The summed E-state index contributed by atoms with van der Waals surface area (Å²) in [5.74, 6) is 0.171. The maximum absolute atomic E-state index is 12.9. The van der Waals surface area contributed by atoms with E-state index in [1.165, 1.54) is 11.1 Å². The van der Waals surface area contributed by atoms with Gasteiger partial charge in [-0.05, 0) is 42.9 Å². The SMILES string of the molecule is Cc1nn(CC(=O)N2CCC(N3CCc4ccccc4C3)CC2)cc1-c1ccccc1. The van der Waals surface area contributed by atoms with Gasteiger partial charge in [0.05, 0.1) is 5.69 Å². The van der Waals surface area contributed by atoms with E-state index in [1.807, 2.05) is 36.2 Å². The molecule has 1 aromatic heterocycles. The maximum Gasteiger partial charge on any atom is 0.244 e. The van der Waals surface area contributed by atoms with Gasteiger partial charge in [0.15, 0.2) is 0 Å². The van der Waals surface area contributed by atoms with Crippen LogP contribution in [0.15, 0.2) is 60.8 Å². The molecule has 0 bridgehead atoms. The summed E-state index contributed by atoms with van der Waals surface area (Å²) in [6, 6.07) is 19.6. The van der Waals surface area contributed by atoms with Crippen LogP contribution in [0, 0.1) is 6.92 Å². The normalized spacial score (nSPS) is 17.5. The van der Waals surface area contributed by atoms with Crippen LogP contribution in [-0.2, 0) is 24.3 Å². The molecule has 0 radical (unpaired) electrons. The van der Waals surface area contributed by atoms with Crippen LogP contribution in [0.5, 0.6) is 0 Å². The number of rotatable bonds is 4. The fraction of sp³-hybridized carbons (Fsp3) is 0.385. The first-order valence-electron chi connectivity index (χ1n) is 11.4. The third kappa shape index (κ3) is 4.28. The summed E-state index contributed by atoms with van der Waals surface area (Å²) in [6.07, 6.45) is 5.25. The second-order valence-electron chi connectivity index (χ2n) is 8.79. The van der Waals surface area contributed by atoms with E-state index >= 15 is 0 Å². The molecule has 3 aromatic rings. The topological polar surface area (TPSA) is 41.4 Å². The number of hydrogen-bond donors (Lipinski definition) is 0. The van der Waals surface area contributed by atoms with Crippen LogP contribution in [-0.4, -0.2) is 51.2 Å². The third-order valence-electron chi connectivity index (χ3n) is 6.82. The Morgan fingerprint density at radius 3 is 2.45 bits per heavy atom. The lowest BCUT2D eigenvalue weighted by Gasteiger charge is -2.40. The Kier molecular flexibility index (Phi) is 5.60. The smallest absolute Gasteiger partial charge is 0.244 e. The minimum atomic E-state index is 0.171. The zero-order valence-electron chi connectivity index (χ0n) is 18.2. The van der Waals surface area contributed by atoms with Crippen molar-refractivity contribution in [2.45, 2.75) is 45.3 Å². The molecule has 0 atom stereocenters. The molecule has 0 aliphatic carbocycles. The second-order valence-corrected chi connectivity index (χ2v) is 8.79. The van der Waals surface area contributed by atoms with Gasteiger partial charge in [0, 0.05) is 44.0 Å². The molecule has 0 saturated carbocycles. The fourth-order valence-electron chi connectivity index (χ4n) is 5.05. The standard InChI is InChI=1S/C26H30N4O/c1-20-25(22-8-3-2-4-9-22)18-30(27-20)19-26(31)28-15-12-24(13-16-28)29-14-11-21-7-5-6-10-23(21)17-29/h2-10,18,24H,11-17,19H2,1H3. The number of nitrogens with zero attached hydrogens (tertiary/aromatic N) is 4. The van der Waals surface area contributed by atoms with Crippen LogP contribution in [0.4, 0.5) is 0 Å². The molecule has 1 saturated heterocycles. The first-order chi connectivity index (χ1) is 15.2. The Balaban J connectivity index is 1.17. The van der Waals surface area contributed by atoms with Gasteiger partial charge in [0.1, 0.15) is 6.54 Å². The van der Waals surface area contributed by atoms with E-state index in [1.54, 1.807) is 4.68 Å². The molecule has 0 unspecified atom stereocenters. The molecule has 5 rings (SSSR count). The van der Waals surface area contributed by atoms with Crippen LogP contribution in [0.1, 0.15) is 29.7 Å². The molecular formula is C26H30N4O. The number of benzene rings is 2. The summed E-state index contributed by atoms with van der Waals surface area (Å²) < 4.78 is 1.80. The summed E-state index contributed by atoms with van der Waals surface area (Å²) in [5, 5.41) is 4.59. The molecule has 0 N–H and O–H groups in total. The molecule has 1 amide bonds. The number of amides is 1. The van der Waals surface area contributed by atoms with Crippen molar-refractivity contribution in [1.82, 2.24) is 19.6 Å². The molecule has 2 aliphatic rings. The number of aryl methyl sites for hydroxylation is 1. The Hall–Kier alpha value is -2.92. The van der Waals surface area contributed by atoms with Crippen molar-refractivity contribution in [3.8, 4) is 11.1 Å². The first-order valence-corrected chi connectivity index (χ1v) is 11.4. The summed E-state index contributed by atoms with van der Waals surface area (Å²) >= 11 is 0. The van der Waals surface area contributed by atoms with E-state index in [0.717, 1.165) is 62.3 Å². The van der Waals surface area contributed by atoms with Gasteiger partial charge in [0.25, 0.3) is 0 Å². The third-order valence-corrected chi connectivity index (χ3v) is 6.82. The van der Waals surface area contributed by atoms with Crippen molar-refractivity contribution in [3.63, 3.8) is 0 Å². The lowest BCUT2D eigenvalue weighted by Crippen LogP contribution is -2.48. The van der Waals surface area contributed by atoms with Crippen molar-refractivity contribution in [1.29, 1.82) is 0 Å². The summed E-state index contributed by atoms with van der Waals surface area (Å²) in [6.45, 7) is 6.18. The van der Waals surface area contributed by atoms with Crippen molar-refractivity contribution >= 4 is 5.91 Å². The van der Waals surface area contributed by atoms with Gasteiger partial charge >= 0.3 is 0 Å². The lowest BCUT2D eigenvalue weighted by molar-refractivity contribution is -0.133. The number of aromatic nitrogens is 2. The van der Waals surface area contributed by atoms with Gasteiger partial charge in [-0.15, -0.1) is 0 Å².